The van der Waals surface area contributed by atoms with E-state index in [2.05, 4.69) is 19.2 Å². The van der Waals surface area contributed by atoms with E-state index in [0.29, 0.717) is 12.8 Å². The van der Waals surface area contributed by atoms with E-state index in [1.54, 1.807) is 0 Å². The molecule has 332 valence electrons. The van der Waals surface area contributed by atoms with Gasteiger partial charge >= 0.3 is 19.8 Å². The van der Waals surface area contributed by atoms with Crippen LogP contribution in [0.25, 0.3) is 0 Å². The van der Waals surface area contributed by atoms with Crippen molar-refractivity contribution in [3.05, 3.63) is 0 Å². The number of carboxylic acids is 1. The number of phosphoric ester groups is 1. The lowest BCUT2D eigenvalue weighted by atomic mass is 10.0. The molecule has 3 unspecified atom stereocenters. The smallest absolute Gasteiger partial charge is 0.472 e. The number of aliphatic hydroxyl groups excluding tert-OH is 1. The third-order valence-corrected chi connectivity index (χ3v) is 11.3. The van der Waals surface area contributed by atoms with Crippen molar-refractivity contribution in [2.24, 2.45) is 0 Å². The van der Waals surface area contributed by atoms with Crippen molar-refractivity contribution in [2.75, 3.05) is 19.8 Å². The molecule has 0 rings (SSSR count). The molecule has 0 aromatic heterocycles. The summed E-state index contributed by atoms with van der Waals surface area (Å²) in [6, 6.07) is -1.54. The molecule has 0 heterocycles. The maximum absolute atomic E-state index is 12.3. The number of aliphatic carboxylic acids is 1. The number of carbonyl (C=O) groups is 3. The lowest BCUT2D eigenvalue weighted by Crippen LogP contribution is -2.43. The van der Waals surface area contributed by atoms with Crippen molar-refractivity contribution in [1.29, 1.82) is 0 Å². The van der Waals surface area contributed by atoms with Gasteiger partial charge in [0.25, 0.3) is 0 Å². The number of unbranched alkanes of at least 4 members (excludes halogenated alkanes) is 30. The zero-order valence-corrected chi connectivity index (χ0v) is 36.9. The van der Waals surface area contributed by atoms with Gasteiger partial charge in [-0.15, -0.1) is 0 Å². The van der Waals surface area contributed by atoms with E-state index in [4.69, 9.17) is 13.8 Å². The fraction of sp³-hybridized carbons (Fsp3) is 0.932. The molecule has 0 saturated heterocycles. The van der Waals surface area contributed by atoms with Crippen molar-refractivity contribution in [2.45, 2.75) is 244 Å². The molecule has 12 heteroatoms. The normalized spacial score (nSPS) is 13.6. The molecule has 4 N–H and O–H groups in total. The van der Waals surface area contributed by atoms with E-state index >= 15 is 0 Å². The van der Waals surface area contributed by atoms with Crippen LogP contribution in [0.2, 0.25) is 0 Å². The molecule has 0 saturated carbocycles. The van der Waals surface area contributed by atoms with Crippen molar-refractivity contribution >= 4 is 25.7 Å². The summed E-state index contributed by atoms with van der Waals surface area (Å²) >= 11 is 0. The Morgan fingerprint density at radius 1 is 0.500 bits per heavy atom. The maximum Gasteiger partial charge on any atom is 0.472 e. The highest BCUT2D eigenvalue weighted by Crippen LogP contribution is 2.43. The van der Waals surface area contributed by atoms with Gasteiger partial charge in [-0.05, 0) is 12.8 Å². The molecule has 0 bridgehead atoms. The molecule has 0 aromatic rings. The summed E-state index contributed by atoms with van der Waals surface area (Å²) in [6.45, 7) is 2.61. The maximum atomic E-state index is 12.3. The molecule has 1 amide bonds. The summed E-state index contributed by atoms with van der Waals surface area (Å²) in [5.74, 6) is -2.36. The zero-order valence-electron chi connectivity index (χ0n) is 36.0. The predicted molar refractivity (Wildman–Crippen MR) is 227 cm³/mol. The minimum absolute atomic E-state index is 0.151. The topological polar surface area (TPSA) is 169 Å². The molecule has 0 radical (unpaired) electrons. The molecule has 0 spiro atoms. The highest BCUT2D eigenvalue weighted by Gasteiger charge is 2.28. The Balaban J connectivity index is 3.78. The van der Waals surface area contributed by atoms with Gasteiger partial charge < -0.3 is 25.2 Å². The number of hydrogen-bond acceptors (Lipinski definition) is 8. The van der Waals surface area contributed by atoms with Gasteiger partial charge in [0.2, 0.25) is 5.91 Å². The molecule has 0 aliphatic carbocycles. The van der Waals surface area contributed by atoms with E-state index in [1.807, 2.05) is 0 Å². The molecule has 11 nitrogen and oxygen atoms in total. The van der Waals surface area contributed by atoms with Gasteiger partial charge in [-0.2, -0.15) is 0 Å². The van der Waals surface area contributed by atoms with Crippen LogP contribution in [-0.4, -0.2) is 64.9 Å². The number of carbonyl (C=O) groups excluding carboxylic acids is 2. The quantitative estimate of drug-likeness (QED) is 0.0264. The lowest BCUT2D eigenvalue weighted by molar-refractivity contribution is -0.147. The second kappa shape index (κ2) is 40.3. The fourth-order valence-electron chi connectivity index (χ4n) is 6.79. The van der Waals surface area contributed by atoms with Gasteiger partial charge in [0, 0.05) is 12.8 Å². The van der Waals surface area contributed by atoms with Gasteiger partial charge in [0.05, 0.1) is 13.2 Å². The second-order valence-electron chi connectivity index (χ2n) is 16.0. The third-order valence-electron chi connectivity index (χ3n) is 10.4. The van der Waals surface area contributed by atoms with E-state index in [1.165, 1.54) is 154 Å². The number of nitrogens with one attached hydrogen (secondary N) is 1. The first-order valence-electron chi connectivity index (χ1n) is 23.1. The Kier molecular flexibility index (Phi) is 39.2. The average molecular weight is 820 g/mol. The summed E-state index contributed by atoms with van der Waals surface area (Å²) in [4.78, 5) is 45.8. The number of hydrogen-bond donors (Lipinski definition) is 4. The first kappa shape index (κ1) is 54.5. The Morgan fingerprint density at radius 2 is 0.821 bits per heavy atom. The monoisotopic (exact) mass is 820 g/mol. The molecular formula is C44H86NO10P. The number of esters is 1. The van der Waals surface area contributed by atoms with Crippen molar-refractivity contribution in [3.8, 4) is 0 Å². The van der Waals surface area contributed by atoms with E-state index in [-0.39, 0.29) is 12.8 Å². The molecule has 0 aliphatic heterocycles. The number of rotatable bonds is 44. The first-order chi connectivity index (χ1) is 27.1. The van der Waals surface area contributed by atoms with Gasteiger partial charge in [-0.1, -0.05) is 206 Å². The SMILES string of the molecule is CCCCCCCCCCCCCCCCCCCCCCCC(=O)OCC(O)COP(=O)(O)OCC(NC(=O)CCCCCCCCCCCCC)C(=O)O. The van der Waals surface area contributed by atoms with Crippen LogP contribution < -0.4 is 5.32 Å². The summed E-state index contributed by atoms with van der Waals surface area (Å²) in [6.07, 6.45) is 38.5. The highest BCUT2D eigenvalue weighted by atomic mass is 31.2. The number of aliphatic hydroxyl groups is 1. The predicted octanol–water partition coefficient (Wildman–Crippen LogP) is 11.9. The highest BCUT2D eigenvalue weighted by molar-refractivity contribution is 7.47. The number of carboxylic acid groups (broad SMARTS) is 1. The van der Waals surface area contributed by atoms with Crippen LogP contribution in [-0.2, 0) is 32.7 Å². The van der Waals surface area contributed by atoms with Crippen LogP contribution in [0, 0.1) is 0 Å². The van der Waals surface area contributed by atoms with Gasteiger partial charge in [0.15, 0.2) is 6.04 Å². The van der Waals surface area contributed by atoms with Gasteiger partial charge in [0.1, 0.15) is 12.7 Å². The van der Waals surface area contributed by atoms with E-state index < -0.39 is 57.6 Å². The van der Waals surface area contributed by atoms with Crippen LogP contribution in [0.3, 0.4) is 0 Å². The number of amides is 1. The van der Waals surface area contributed by atoms with Crippen LogP contribution >= 0.6 is 7.82 Å². The molecular weight excluding hydrogens is 733 g/mol. The summed E-state index contributed by atoms with van der Waals surface area (Å²) in [5.41, 5.74) is 0. The van der Waals surface area contributed by atoms with Crippen LogP contribution in [0.5, 0.6) is 0 Å². The van der Waals surface area contributed by atoms with Crippen molar-refractivity contribution < 1.29 is 47.8 Å². The van der Waals surface area contributed by atoms with Gasteiger partial charge in [-0.3, -0.25) is 18.6 Å². The minimum atomic E-state index is -4.75. The molecule has 3 atom stereocenters. The van der Waals surface area contributed by atoms with Crippen molar-refractivity contribution in [3.63, 3.8) is 0 Å². The van der Waals surface area contributed by atoms with Gasteiger partial charge in [-0.25, -0.2) is 9.36 Å². The zero-order chi connectivity index (χ0) is 41.4. The second-order valence-corrected chi connectivity index (χ2v) is 17.4. The Morgan fingerprint density at radius 3 is 1.18 bits per heavy atom. The van der Waals surface area contributed by atoms with Crippen LogP contribution in [0.1, 0.15) is 232 Å². The molecule has 0 aromatic carbocycles. The van der Waals surface area contributed by atoms with E-state index in [0.717, 1.165) is 38.5 Å². The molecule has 0 aliphatic rings. The summed E-state index contributed by atoms with van der Waals surface area (Å²) in [5, 5.41) is 21.8. The largest absolute Gasteiger partial charge is 0.480 e. The van der Waals surface area contributed by atoms with Crippen molar-refractivity contribution in [1.82, 2.24) is 5.32 Å². The van der Waals surface area contributed by atoms with Crippen LogP contribution in [0.4, 0.5) is 0 Å². The number of ether oxygens (including phenoxy) is 1. The molecule has 0 fully saturated rings. The Bertz CT molecular complexity index is 968. The standard InChI is InChI=1S/C44H86NO10P/c1-3-5-7-9-11-13-15-16-17-18-19-20-21-22-23-24-26-28-30-32-34-36-43(48)53-37-40(46)38-54-56(51,52)55-39-41(44(49)50)45-42(47)35-33-31-29-27-25-14-12-10-8-6-4-2/h40-41,46H,3-39H2,1-2H3,(H,45,47)(H,49,50)(H,51,52). The summed E-state index contributed by atoms with van der Waals surface area (Å²) in [7, 11) is -4.75. The first-order valence-corrected chi connectivity index (χ1v) is 24.6. The van der Waals surface area contributed by atoms with Crippen LogP contribution in [0.15, 0.2) is 0 Å². The molecule has 56 heavy (non-hydrogen) atoms. The average Bonchev–Trinajstić information content (AvgIpc) is 3.17. The minimum Gasteiger partial charge on any atom is -0.480 e. The van der Waals surface area contributed by atoms with E-state index in [9.17, 15) is 34.1 Å². The third kappa shape index (κ3) is 39.3. The fourth-order valence-corrected chi connectivity index (χ4v) is 7.56. The summed E-state index contributed by atoms with van der Waals surface area (Å²) < 4.78 is 26.8. The Hall–Kier alpha value is -1.52. The number of phosphoric acid groups is 1. The Labute approximate surface area is 342 Å². The lowest BCUT2D eigenvalue weighted by Gasteiger charge is -2.18.